The van der Waals surface area contributed by atoms with Gasteiger partial charge in [-0.1, -0.05) is 12.1 Å². The fraction of sp³-hybridized carbons (Fsp3) is 0.280. The molecule has 0 aliphatic carbocycles. The molecule has 4 rings (SSSR count). The molecule has 12 heteroatoms. The number of nitrogens with two attached hydrogens (primary N) is 1. The average Bonchev–Trinajstić information content (AvgIpc) is 3.30. The van der Waals surface area contributed by atoms with Crippen LogP contribution in [0.15, 0.2) is 58.3 Å². The Balaban J connectivity index is 1.51. The zero-order chi connectivity index (χ0) is 26.4. The second-order valence-electron chi connectivity index (χ2n) is 8.18. The van der Waals surface area contributed by atoms with E-state index >= 15 is 0 Å². The van der Waals surface area contributed by atoms with Crippen LogP contribution in [0.1, 0.15) is 5.56 Å². The van der Waals surface area contributed by atoms with Crippen LogP contribution in [-0.2, 0) is 9.53 Å². The van der Waals surface area contributed by atoms with Crippen molar-refractivity contribution in [1.29, 1.82) is 0 Å². The minimum Gasteiger partial charge on any atom is -0.497 e. The van der Waals surface area contributed by atoms with E-state index in [-0.39, 0.29) is 11.7 Å². The minimum absolute atomic E-state index is 0.160. The maximum Gasteiger partial charge on any atom is 0.323 e. The molecular weight excluding hydrogens is 478 g/mol. The number of hydrogen-bond acceptors (Lipinski definition) is 9. The van der Waals surface area contributed by atoms with Gasteiger partial charge >= 0.3 is 6.03 Å². The number of hydrogen-bond donors (Lipinski definition) is 4. The Hall–Kier alpha value is -4.58. The summed E-state index contributed by atoms with van der Waals surface area (Å²) in [4.78, 5) is 29.7. The molecule has 2 aliphatic heterocycles. The number of fused-ring (bicyclic) bond motifs is 1. The Morgan fingerprint density at radius 3 is 2.35 bits per heavy atom. The summed E-state index contributed by atoms with van der Waals surface area (Å²) in [5, 5.41) is 14.4. The third kappa shape index (κ3) is 5.81. The molecule has 1 unspecified atom stereocenters. The molecule has 0 saturated heterocycles. The van der Waals surface area contributed by atoms with Gasteiger partial charge in [0.1, 0.15) is 23.5 Å². The van der Waals surface area contributed by atoms with Gasteiger partial charge in [-0.05, 0) is 17.7 Å². The number of anilines is 2. The molecule has 194 valence electrons. The van der Waals surface area contributed by atoms with Crippen molar-refractivity contribution in [3.05, 3.63) is 53.7 Å². The van der Waals surface area contributed by atoms with Gasteiger partial charge in [0.25, 0.3) is 0 Å². The molecule has 0 radical (unpaired) electrons. The van der Waals surface area contributed by atoms with Crippen LogP contribution in [-0.4, -0.2) is 70.1 Å². The van der Waals surface area contributed by atoms with Crippen molar-refractivity contribution in [2.75, 3.05) is 51.7 Å². The number of aliphatic imine (C=N–C) groups is 1. The number of methoxy groups -OCH3 is 3. The van der Waals surface area contributed by atoms with Gasteiger partial charge in [0.05, 0.1) is 33.3 Å². The maximum atomic E-state index is 13.0. The largest absolute Gasteiger partial charge is 0.497 e. The highest BCUT2D eigenvalue weighted by molar-refractivity contribution is 6.11. The Bertz CT molecular complexity index is 1230. The van der Waals surface area contributed by atoms with E-state index in [2.05, 4.69) is 26.0 Å². The standard InChI is InChI=1S/C25H29N7O5/c1-35-9-8-27-24(33)20-13-32-22(23(26)28-14-29-32)21(20)15-4-6-16(7-5-15)30-25(34)31-17-10-18(36-2)12-19(11-17)37-3/h4-7,10-12,14,20H,8-9,13H2,1-3H3,(H,27,33)(H2,26,28,29)(H2,30,31,34). The molecule has 0 bridgehead atoms. The van der Waals surface area contributed by atoms with Crippen molar-refractivity contribution in [2.24, 2.45) is 21.7 Å². The Morgan fingerprint density at radius 1 is 1.03 bits per heavy atom. The zero-order valence-electron chi connectivity index (χ0n) is 20.8. The number of carbonyl (C=O) groups is 2. The Kier molecular flexibility index (Phi) is 7.89. The summed E-state index contributed by atoms with van der Waals surface area (Å²) in [6.07, 6.45) is 1.37. The third-order valence-corrected chi connectivity index (χ3v) is 5.83. The number of hydrazone groups is 1. The predicted octanol–water partition coefficient (Wildman–Crippen LogP) is 2.07. The van der Waals surface area contributed by atoms with Crippen LogP contribution in [0.25, 0.3) is 5.57 Å². The van der Waals surface area contributed by atoms with Crippen molar-refractivity contribution in [3.8, 4) is 11.5 Å². The summed E-state index contributed by atoms with van der Waals surface area (Å²) in [6.45, 7) is 1.13. The molecule has 12 nitrogen and oxygen atoms in total. The topological polar surface area (TPSA) is 152 Å². The molecule has 1 atom stereocenters. The van der Waals surface area contributed by atoms with Gasteiger partial charge in [-0.15, -0.1) is 0 Å². The minimum atomic E-state index is -0.513. The van der Waals surface area contributed by atoms with Crippen molar-refractivity contribution in [3.63, 3.8) is 0 Å². The number of nitrogens with one attached hydrogen (secondary N) is 3. The van der Waals surface area contributed by atoms with Crippen LogP contribution in [0.3, 0.4) is 0 Å². The molecule has 2 aliphatic rings. The van der Waals surface area contributed by atoms with Gasteiger partial charge in [0.2, 0.25) is 5.91 Å². The van der Waals surface area contributed by atoms with E-state index in [4.69, 9.17) is 19.9 Å². The predicted molar refractivity (Wildman–Crippen MR) is 141 cm³/mol. The van der Waals surface area contributed by atoms with E-state index in [1.165, 1.54) is 20.6 Å². The maximum absolute atomic E-state index is 13.0. The summed E-state index contributed by atoms with van der Waals surface area (Å²) in [5.74, 6) is 0.713. The fourth-order valence-electron chi connectivity index (χ4n) is 4.10. The van der Waals surface area contributed by atoms with E-state index in [0.29, 0.717) is 53.8 Å². The normalized spacial score (nSPS) is 16.1. The third-order valence-electron chi connectivity index (χ3n) is 5.83. The van der Waals surface area contributed by atoms with Crippen molar-refractivity contribution in [2.45, 2.75) is 0 Å². The number of amides is 3. The lowest BCUT2D eigenvalue weighted by atomic mass is 9.92. The zero-order valence-corrected chi connectivity index (χ0v) is 20.8. The fourth-order valence-corrected chi connectivity index (χ4v) is 4.10. The van der Waals surface area contributed by atoms with Gasteiger partial charge < -0.3 is 35.9 Å². The Morgan fingerprint density at radius 2 is 1.70 bits per heavy atom. The highest BCUT2D eigenvalue weighted by Gasteiger charge is 2.39. The first-order chi connectivity index (χ1) is 17.9. The van der Waals surface area contributed by atoms with Gasteiger partial charge in [0, 0.05) is 48.8 Å². The number of rotatable bonds is 9. The molecule has 0 saturated carbocycles. The first-order valence-electron chi connectivity index (χ1n) is 11.5. The lowest BCUT2D eigenvalue weighted by Gasteiger charge is -2.18. The van der Waals surface area contributed by atoms with Crippen LogP contribution in [0.4, 0.5) is 16.2 Å². The number of amidine groups is 1. The number of urea groups is 1. The molecule has 0 fully saturated rings. The molecule has 2 aromatic rings. The van der Waals surface area contributed by atoms with E-state index in [0.717, 1.165) is 5.56 Å². The molecule has 0 aromatic heterocycles. The van der Waals surface area contributed by atoms with Crippen LogP contribution < -0.4 is 31.2 Å². The first-order valence-corrected chi connectivity index (χ1v) is 11.5. The smallest absolute Gasteiger partial charge is 0.323 e. The monoisotopic (exact) mass is 507 g/mol. The first kappa shape index (κ1) is 25.5. The van der Waals surface area contributed by atoms with Crippen LogP contribution in [0, 0.1) is 5.92 Å². The van der Waals surface area contributed by atoms with Crippen LogP contribution in [0.5, 0.6) is 11.5 Å². The molecule has 2 heterocycles. The summed E-state index contributed by atoms with van der Waals surface area (Å²) < 4.78 is 15.5. The highest BCUT2D eigenvalue weighted by atomic mass is 16.5. The van der Waals surface area contributed by atoms with E-state index in [1.807, 2.05) is 12.1 Å². The molecule has 3 amide bonds. The molecule has 2 aromatic carbocycles. The summed E-state index contributed by atoms with van der Waals surface area (Å²) in [6, 6.07) is 11.8. The summed E-state index contributed by atoms with van der Waals surface area (Å²) in [5.41, 5.74) is 9.31. The number of carbonyl (C=O) groups excluding carboxylic acids is 2. The lowest BCUT2D eigenvalue weighted by molar-refractivity contribution is -0.123. The van der Waals surface area contributed by atoms with Gasteiger partial charge in [0.15, 0.2) is 5.84 Å². The Labute approximate surface area is 214 Å². The quantitative estimate of drug-likeness (QED) is 0.379. The summed E-state index contributed by atoms with van der Waals surface area (Å²) >= 11 is 0. The second-order valence-corrected chi connectivity index (χ2v) is 8.18. The van der Waals surface area contributed by atoms with Crippen molar-refractivity contribution < 1.29 is 23.8 Å². The van der Waals surface area contributed by atoms with E-state index in [1.54, 1.807) is 42.5 Å². The molecule has 37 heavy (non-hydrogen) atoms. The van der Waals surface area contributed by atoms with Crippen molar-refractivity contribution in [1.82, 2.24) is 10.3 Å². The van der Waals surface area contributed by atoms with Crippen LogP contribution >= 0.6 is 0 Å². The van der Waals surface area contributed by atoms with Gasteiger partial charge in [-0.3, -0.25) is 9.80 Å². The van der Waals surface area contributed by atoms with E-state index < -0.39 is 11.9 Å². The molecule has 5 N–H and O–H groups in total. The van der Waals surface area contributed by atoms with Crippen LogP contribution in [0.2, 0.25) is 0 Å². The van der Waals surface area contributed by atoms with Crippen molar-refractivity contribution >= 4 is 41.1 Å². The molecule has 0 spiro atoms. The molecular formula is C25H29N7O5. The summed E-state index contributed by atoms with van der Waals surface area (Å²) in [7, 11) is 4.64. The number of ether oxygens (including phenoxy) is 3. The lowest BCUT2D eigenvalue weighted by Crippen LogP contribution is -2.35. The second kappa shape index (κ2) is 11.4. The average molecular weight is 508 g/mol. The number of benzene rings is 2. The highest BCUT2D eigenvalue weighted by Crippen LogP contribution is 2.38. The number of nitrogens with zero attached hydrogens (tertiary/aromatic N) is 3. The van der Waals surface area contributed by atoms with Gasteiger partial charge in [-0.2, -0.15) is 5.10 Å². The SMILES string of the molecule is COCCNC(=O)C1CN2N=CN=C(N)C2=C1c1ccc(NC(=O)Nc2cc(OC)cc(OC)c2)cc1. The van der Waals surface area contributed by atoms with Gasteiger partial charge in [-0.25, -0.2) is 9.79 Å². The van der Waals surface area contributed by atoms with E-state index in [9.17, 15) is 9.59 Å².